The molecule has 1 amide bonds. The largest absolute Gasteiger partial charge is 0.349 e. The highest BCUT2D eigenvalue weighted by Crippen LogP contribution is 2.39. The van der Waals surface area contributed by atoms with E-state index in [9.17, 15) is 13.2 Å². The zero-order valence-electron chi connectivity index (χ0n) is 14.4. The zero-order valence-corrected chi connectivity index (χ0v) is 15.2. The first-order valence-corrected chi connectivity index (χ1v) is 10.4. The van der Waals surface area contributed by atoms with Crippen LogP contribution in [0.15, 0.2) is 0 Å². The highest BCUT2D eigenvalue weighted by molar-refractivity contribution is 7.89. The Morgan fingerprint density at radius 1 is 1.26 bits per heavy atom. The van der Waals surface area contributed by atoms with Gasteiger partial charge in [-0.3, -0.25) is 4.79 Å². The SMILES string of the molecule is CCCCS(=O)(=O)N1CCC(C(=O)NC(C)(CN)C2CC2)CC1. The second-order valence-electron chi connectivity index (χ2n) is 7.23. The summed E-state index contributed by atoms with van der Waals surface area (Å²) in [6, 6.07) is 0. The lowest BCUT2D eigenvalue weighted by Gasteiger charge is -2.35. The van der Waals surface area contributed by atoms with Gasteiger partial charge in [0.15, 0.2) is 0 Å². The van der Waals surface area contributed by atoms with E-state index in [0.29, 0.717) is 44.8 Å². The normalized spacial score (nSPS) is 23.4. The van der Waals surface area contributed by atoms with Gasteiger partial charge in [-0.15, -0.1) is 0 Å². The second-order valence-corrected chi connectivity index (χ2v) is 9.32. The fourth-order valence-corrected chi connectivity index (χ4v) is 4.95. The van der Waals surface area contributed by atoms with Gasteiger partial charge >= 0.3 is 0 Å². The Morgan fingerprint density at radius 2 is 1.87 bits per heavy atom. The highest BCUT2D eigenvalue weighted by Gasteiger charge is 2.42. The Kier molecular flexibility index (Phi) is 6.08. The number of sulfonamides is 1. The molecule has 3 N–H and O–H groups in total. The maximum Gasteiger partial charge on any atom is 0.223 e. The number of amides is 1. The molecule has 1 aliphatic carbocycles. The van der Waals surface area contributed by atoms with Crippen molar-refractivity contribution in [2.45, 2.75) is 57.9 Å². The van der Waals surface area contributed by atoms with E-state index >= 15 is 0 Å². The Bertz CT molecular complexity index is 511. The molecule has 1 unspecified atom stereocenters. The molecule has 134 valence electrons. The first-order valence-electron chi connectivity index (χ1n) is 8.82. The molecule has 0 aromatic rings. The van der Waals surface area contributed by atoms with Gasteiger partial charge in [0.2, 0.25) is 15.9 Å². The number of hydrogen-bond acceptors (Lipinski definition) is 4. The molecule has 0 aromatic heterocycles. The van der Waals surface area contributed by atoms with E-state index in [-0.39, 0.29) is 23.1 Å². The van der Waals surface area contributed by atoms with Crippen LogP contribution in [0.2, 0.25) is 0 Å². The maximum atomic E-state index is 12.5. The topological polar surface area (TPSA) is 92.5 Å². The number of nitrogens with one attached hydrogen (secondary N) is 1. The van der Waals surface area contributed by atoms with E-state index in [4.69, 9.17) is 5.73 Å². The first-order chi connectivity index (χ1) is 10.8. The van der Waals surface area contributed by atoms with E-state index in [1.165, 1.54) is 0 Å². The summed E-state index contributed by atoms with van der Waals surface area (Å²) in [5.41, 5.74) is 5.55. The first kappa shape index (κ1) is 18.7. The number of piperidine rings is 1. The second kappa shape index (κ2) is 7.49. The van der Waals surface area contributed by atoms with E-state index in [0.717, 1.165) is 19.3 Å². The van der Waals surface area contributed by atoms with Crippen LogP contribution in [0, 0.1) is 11.8 Å². The lowest BCUT2D eigenvalue weighted by Crippen LogP contribution is -2.55. The smallest absolute Gasteiger partial charge is 0.223 e. The molecular formula is C16H31N3O3S. The Hall–Kier alpha value is -0.660. The van der Waals surface area contributed by atoms with Gasteiger partial charge in [-0.05, 0) is 44.9 Å². The quantitative estimate of drug-likeness (QED) is 0.688. The van der Waals surface area contributed by atoms with E-state index < -0.39 is 10.0 Å². The summed E-state index contributed by atoms with van der Waals surface area (Å²) in [7, 11) is -3.16. The lowest BCUT2D eigenvalue weighted by atomic mass is 9.92. The van der Waals surface area contributed by atoms with Crippen LogP contribution in [0.3, 0.4) is 0 Å². The average molecular weight is 346 g/mol. The molecule has 6 nitrogen and oxygen atoms in total. The summed E-state index contributed by atoms with van der Waals surface area (Å²) >= 11 is 0. The van der Waals surface area contributed by atoms with Crippen LogP contribution in [-0.2, 0) is 14.8 Å². The van der Waals surface area contributed by atoms with Gasteiger partial charge < -0.3 is 11.1 Å². The minimum atomic E-state index is -3.16. The van der Waals surface area contributed by atoms with Crippen LogP contribution >= 0.6 is 0 Å². The Balaban J connectivity index is 1.85. The van der Waals surface area contributed by atoms with Gasteiger partial charge in [0.05, 0.1) is 11.3 Å². The molecule has 2 rings (SSSR count). The molecule has 1 saturated heterocycles. The summed E-state index contributed by atoms with van der Waals surface area (Å²) in [5, 5.41) is 3.13. The van der Waals surface area contributed by atoms with Crippen LogP contribution in [-0.4, -0.2) is 49.6 Å². The molecule has 0 bridgehead atoms. The van der Waals surface area contributed by atoms with Crippen molar-refractivity contribution in [2.75, 3.05) is 25.4 Å². The van der Waals surface area contributed by atoms with Gasteiger partial charge in [0.25, 0.3) is 0 Å². The monoisotopic (exact) mass is 345 g/mol. The Labute approximate surface area is 140 Å². The van der Waals surface area contributed by atoms with Crippen molar-refractivity contribution in [3.63, 3.8) is 0 Å². The third kappa shape index (κ3) is 4.67. The molecule has 1 atom stereocenters. The number of hydrogen-bond donors (Lipinski definition) is 2. The van der Waals surface area contributed by atoms with Gasteiger partial charge in [-0.2, -0.15) is 0 Å². The molecule has 2 aliphatic rings. The molecule has 0 aromatic carbocycles. The summed E-state index contributed by atoms with van der Waals surface area (Å²) in [6.45, 7) is 5.36. The molecular weight excluding hydrogens is 314 g/mol. The number of nitrogens with zero attached hydrogens (tertiary/aromatic N) is 1. The summed E-state index contributed by atoms with van der Waals surface area (Å²) in [5.74, 6) is 0.645. The molecule has 1 aliphatic heterocycles. The molecule has 23 heavy (non-hydrogen) atoms. The predicted octanol–water partition coefficient (Wildman–Crippen LogP) is 1.07. The average Bonchev–Trinajstić information content (AvgIpc) is 3.38. The van der Waals surface area contributed by atoms with Crippen LogP contribution in [0.1, 0.15) is 52.4 Å². The van der Waals surface area contributed by atoms with Crippen molar-refractivity contribution in [3.8, 4) is 0 Å². The van der Waals surface area contributed by atoms with Crippen molar-refractivity contribution in [2.24, 2.45) is 17.6 Å². The van der Waals surface area contributed by atoms with Crippen molar-refractivity contribution >= 4 is 15.9 Å². The number of nitrogens with two attached hydrogens (primary N) is 1. The van der Waals surface area contributed by atoms with E-state index in [2.05, 4.69) is 5.32 Å². The zero-order chi connectivity index (χ0) is 17.1. The molecule has 2 fully saturated rings. The summed E-state index contributed by atoms with van der Waals surface area (Å²) in [6.07, 6.45) is 5.02. The Morgan fingerprint density at radius 3 is 2.35 bits per heavy atom. The molecule has 1 heterocycles. The van der Waals surface area contributed by atoms with Crippen LogP contribution < -0.4 is 11.1 Å². The predicted molar refractivity (Wildman–Crippen MR) is 91.3 cm³/mol. The third-order valence-corrected chi connectivity index (χ3v) is 7.24. The number of rotatable bonds is 8. The fourth-order valence-electron chi connectivity index (χ4n) is 3.28. The molecule has 0 radical (unpaired) electrons. The fraction of sp³-hybridized carbons (Fsp3) is 0.938. The third-order valence-electron chi connectivity index (χ3n) is 5.29. The highest BCUT2D eigenvalue weighted by atomic mass is 32.2. The summed E-state index contributed by atoms with van der Waals surface area (Å²) < 4.78 is 26.0. The van der Waals surface area contributed by atoms with Crippen molar-refractivity contribution in [1.29, 1.82) is 0 Å². The van der Waals surface area contributed by atoms with Crippen LogP contribution in [0.4, 0.5) is 0 Å². The standard InChI is InChI=1S/C16H31N3O3S/c1-3-4-11-23(21,22)19-9-7-13(8-10-19)15(20)18-16(2,12-17)14-5-6-14/h13-14H,3-12,17H2,1-2H3,(H,18,20). The number of unbranched alkanes of at least 4 members (excludes halogenated alkanes) is 1. The molecule has 0 spiro atoms. The maximum absolute atomic E-state index is 12.5. The van der Waals surface area contributed by atoms with Crippen molar-refractivity contribution < 1.29 is 13.2 Å². The van der Waals surface area contributed by atoms with Gasteiger partial charge in [-0.1, -0.05) is 13.3 Å². The number of carbonyl (C=O) groups is 1. The van der Waals surface area contributed by atoms with Crippen molar-refractivity contribution in [1.82, 2.24) is 9.62 Å². The van der Waals surface area contributed by atoms with Crippen LogP contribution in [0.25, 0.3) is 0 Å². The molecule has 7 heteroatoms. The van der Waals surface area contributed by atoms with Gasteiger partial charge in [0, 0.05) is 25.6 Å². The lowest BCUT2D eigenvalue weighted by molar-refractivity contribution is -0.128. The van der Waals surface area contributed by atoms with Crippen molar-refractivity contribution in [3.05, 3.63) is 0 Å². The van der Waals surface area contributed by atoms with Crippen LogP contribution in [0.5, 0.6) is 0 Å². The van der Waals surface area contributed by atoms with Gasteiger partial charge in [-0.25, -0.2) is 12.7 Å². The molecule has 1 saturated carbocycles. The minimum Gasteiger partial charge on any atom is -0.349 e. The number of carbonyl (C=O) groups excluding carboxylic acids is 1. The van der Waals surface area contributed by atoms with Gasteiger partial charge in [0.1, 0.15) is 0 Å². The van der Waals surface area contributed by atoms with E-state index in [1.54, 1.807) is 4.31 Å². The van der Waals surface area contributed by atoms with E-state index in [1.807, 2.05) is 13.8 Å². The minimum absolute atomic E-state index is 0.0375. The summed E-state index contributed by atoms with van der Waals surface area (Å²) in [4.78, 5) is 12.5.